The van der Waals surface area contributed by atoms with Gasteiger partial charge in [-0.05, 0) is 29.8 Å². The van der Waals surface area contributed by atoms with E-state index in [1.54, 1.807) is 12.1 Å². The van der Waals surface area contributed by atoms with E-state index in [2.05, 4.69) is 10.3 Å². The van der Waals surface area contributed by atoms with E-state index in [-0.39, 0.29) is 4.90 Å². The molecule has 8 heteroatoms. The fourth-order valence-electron chi connectivity index (χ4n) is 2.37. The molecule has 0 unspecified atom stereocenters. The zero-order chi connectivity index (χ0) is 17.0. The number of hydrogen-bond acceptors (Lipinski definition) is 5. The van der Waals surface area contributed by atoms with E-state index in [9.17, 15) is 8.42 Å². The zero-order valence-corrected chi connectivity index (χ0v) is 14.6. The van der Waals surface area contributed by atoms with Crippen molar-refractivity contribution >= 4 is 27.4 Å². The molecule has 1 aromatic heterocycles. The molecule has 128 valence electrons. The van der Waals surface area contributed by atoms with Gasteiger partial charge in [0.05, 0.1) is 13.2 Å². The maximum Gasteiger partial charge on any atom is 0.244 e. The maximum absolute atomic E-state index is 12.5. The lowest BCUT2D eigenvalue weighted by atomic mass is 10.2. The van der Waals surface area contributed by atoms with Crippen LogP contribution in [0.15, 0.2) is 47.5 Å². The van der Waals surface area contributed by atoms with Crippen LogP contribution in [0.3, 0.4) is 0 Å². The smallest absolute Gasteiger partial charge is 0.244 e. The average molecular weight is 368 g/mol. The lowest BCUT2D eigenvalue weighted by molar-refractivity contribution is 0.0730. The largest absolute Gasteiger partial charge is 0.379 e. The molecule has 0 bridgehead atoms. The van der Waals surface area contributed by atoms with Gasteiger partial charge in [-0.25, -0.2) is 13.4 Å². The van der Waals surface area contributed by atoms with Crippen LogP contribution in [0.1, 0.15) is 5.56 Å². The number of hydrogen-bond donors (Lipinski definition) is 1. The molecule has 1 aliphatic heterocycles. The van der Waals surface area contributed by atoms with Crippen LogP contribution in [0.25, 0.3) is 0 Å². The van der Waals surface area contributed by atoms with E-state index in [1.807, 2.05) is 24.3 Å². The summed E-state index contributed by atoms with van der Waals surface area (Å²) in [5, 5.41) is 3.85. The Morgan fingerprint density at radius 3 is 2.46 bits per heavy atom. The molecule has 6 nitrogen and oxygen atoms in total. The molecule has 2 aromatic rings. The second kappa shape index (κ2) is 7.48. The number of anilines is 1. The molecule has 1 saturated heterocycles. The van der Waals surface area contributed by atoms with E-state index < -0.39 is 10.0 Å². The number of nitrogens with one attached hydrogen (secondary N) is 1. The zero-order valence-electron chi connectivity index (χ0n) is 13.0. The first-order valence-corrected chi connectivity index (χ1v) is 9.40. The number of pyridine rings is 1. The summed E-state index contributed by atoms with van der Waals surface area (Å²) in [6.45, 7) is 2.18. The molecule has 0 saturated carbocycles. The summed E-state index contributed by atoms with van der Waals surface area (Å²) in [5.41, 5.74) is 1.06. The van der Waals surface area contributed by atoms with Gasteiger partial charge in [0.15, 0.2) is 0 Å². The molecular weight excluding hydrogens is 350 g/mol. The molecule has 1 aliphatic rings. The molecule has 0 radical (unpaired) electrons. The predicted molar refractivity (Wildman–Crippen MR) is 92.6 cm³/mol. The van der Waals surface area contributed by atoms with Gasteiger partial charge in [-0.15, -0.1) is 0 Å². The third kappa shape index (κ3) is 4.05. The number of rotatable bonds is 5. The van der Waals surface area contributed by atoms with Gasteiger partial charge in [-0.1, -0.05) is 23.7 Å². The van der Waals surface area contributed by atoms with Crippen molar-refractivity contribution in [3.05, 3.63) is 53.2 Å². The van der Waals surface area contributed by atoms with Gasteiger partial charge in [0, 0.05) is 30.9 Å². The van der Waals surface area contributed by atoms with Crippen LogP contribution in [-0.4, -0.2) is 44.0 Å². The summed E-state index contributed by atoms with van der Waals surface area (Å²) in [4.78, 5) is 4.39. The first-order chi connectivity index (χ1) is 11.6. The van der Waals surface area contributed by atoms with Crippen molar-refractivity contribution in [2.45, 2.75) is 11.4 Å². The number of benzene rings is 1. The van der Waals surface area contributed by atoms with E-state index in [1.165, 1.54) is 10.5 Å². The summed E-state index contributed by atoms with van der Waals surface area (Å²) >= 11 is 5.85. The number of nitrogens with zero attached hydrogens (tertiary/aromatic N) is 2. The molecule has 3 rings (SSSR count). The Kier molecular flexibility index (Phi) is 5.35. The minimum absolute atomic E-state index is 0.196. The number of morpholine rings is 1. The Bertz CT molecular complexity index is 773. The first-order valence-electron chi connectivity index (χ1n) is 7.58. The van der Waals surface area contributed by atoms with E-state index in [0.29, 0.717) is 43.7 Å². The average Bonchev–Trinajstić information content (AvgIpc) is 2.62. The molecule has 1 fully saturated rings. The van der Waals surface area contributed by atoms with Crippen LogP contribution in [0.2, 0.25) is 5.02 Å². The molecule has 24 heavy (non-hydrogen) atoms. The lowest BCUT2D eigenvalue weighted by Crippen LogP contribution is -2.40. The van der Waals surface area contributed by atoms with Gasteiger partial charge < -0.3 is 10.1 Å². The van der Waals surface area contributed by atoms with Crippen LogP contribution >= 0.6 is 11.6 Å². The van der Waals surface area contributed by atoms with Crippen molar-refractivity contribution in [2.75, 3.05) is 31.6 Å². The number of halogens is 1. The van der Waals surface area contributed by atoms with Crippen molar-refractivity contribution in [1.82, 2.24) is 9.29 Å². The van der Waals surface area contributed by atoms with Crippen LogP contribution in [0.5, 0.6) is 0 Å². The molecule has 1 N–H and O–H groups in total. The Morgan fingerprint density at radius 1 is 1.12 bits per heavy atom. The second-order valence-electron chi connectivity index (χ2n) is 5.38. The number of aromatic nitrogens is 1. The molecule has 0 spiro atoms. The predicted octanol–water partition coefficient (Wildman–Crippen LogP) is 2.37. The highest BCUT2D eigenvalue weighted by atomic mass is 35.5. The lowest BCUT2D eigenvalue weighted by Gasteiger charge is -2.25. The van der Waals surface area contributed by atoms with Crippen LogP contribution in [-0.2, 0) is 21.3 Å². The van der Waals surface area contributed by atoms with Gasteiger partial charge in [-0.2, -0.15) is 4.31 Å². The fourth-order valence-corrected chi connectivity index (χ4v) is 3.85. The second-order valence-corrected chi connectivity index (χ2v) is 7.75. The van der Waals surface area contributed by atoms with Gasteiger partial charge >= 0.3 is 0 Å². The van der Waals surface area contributed by atoms with Crippen molar-refractivity contribution in [3.63, 3.8) is 0 Å². The molecule has 0 amide bonds. The standard InChI is InChI=1S/C16H18ClN3O3S/c17-14-3-1-13(2-4-14)11-18-16-6-5-15(12-19-16)24(21,22)20-7-9-23-10-8-20/h1-6,12H,7-11H2,(H,18,19). The summed E-state index contributed by atoms with van der Waals surface area (Å²) in [6, 6.07) is 10.7. The summed E-state index contributed by atoms with van der Waals surface area (Å²) < 4.78 is 31.6. The SMILES string of the molecule is O=S(=O)(c1ccc(NCc2ccc(Cl)cc2)nc1)N1CCOCC1. The van der Waals surface area contributed by atoms with Crippen molar-refractivity contribution in [2.24, 2.45) is 0 Å². The van der Waals surface area contributed by atoms with Crippen LogP contribution in [0.4, 0.5) is 5.82 Å². The maximum atomic E-state index is 12.5. The Morgan fingerprint density at radius 2 is 1.83 bits per heavy atom. The third-order valence-electron chi connectivity index (χ3n) is 3.73. The molecule has 0 atom stereocenters. The van der Waals surface area contributed by atoms with Crippen molar-refractivity contribution in [3.8, 4) is 0 Å². The molecule has 1 aromatic carbocycles. The number of sulfonamides is 1. The number of ether oxygens (including phenoxy) is 1. The molecular formula is C16H18ClN3O3S. The highest BCUT2D eigenvalue weighted by Crippen LogP contribution is 2.18. The Hall–Kier alpha value is -1.67. The van der Waals surface area contributed by atoms with E-state index in [0.717, 1.165) is 5.56 Å². The monoisotopic (exact) mass is 367 g/mol. The molecule has 2 heterocycles. The Balaban J connectivity index is 1.65. The topological polar surface area (TPSA) is 71.5 Å². The molecule has 0 aliphatic carbocycles. The quantitative estimate of drug-likeness (QED) is 0.878. The summed E-state index contributed by atoms with van der Waals surface area (Å²) in [6.07, 6.45) is 1.38. The highest BCUT2D eigenvalue weighted by molar-refractivity contribution is 7.89. The fraction of sp³-hybridized carbons (Fsp3) is 0.312. The minimum atomic E-state index is -3.50. The van der Waals surface area contributed by atoms with Gasteiger partial charge in [0.1, 0.15) is 10.7 Å². The van der Waals surface area contributed by atoms with Gasteiger partial charge in [0.25, 0.3) is 0 Å². The van der Waals surface area contributed by atoms with Crippen LogP contribution in [0, 0.1) is 0 Å². The van der Waals surface area contributed by atoms with E-state index in [4.69, 9.17) is 16.3 Å². The van der Waals surface area contributed by atoms with Crippen molar-refractivity contribution < 1.29 is 13.2 Å². The van der Waals surface area contributed by atoms with E-state index >= 15 is 0 Å². The third-order valence-corrected chi connectivity index (χ3v) is 5.87. The van der Waals surface area contributed by atoms with Crippen LogP contribution < -0.4 is 5.32 Å². The summed E-state index contributed by atoms with van der Waals surface area (Å²) in [5.74, 6) is 0.617. The van der Waals surface area contributed by atoms with Gasteiger partial charge in [0.2, 0.25) is 10.0 Å². The summed E-state index contributed by atoms with van der Waals surface area (Å²) in [7, 11) is -3.50. The minimum Gasteiger partial charge on any atom is -0.379 e. The van der Waals surface area contributed by atoms with Gasteiger partial charge in [-0.3, -0.25) is 0 Å². The first kappa shape index (κ1) is 17.2. The van der Waals surface area contributed by atoms with Crippen molar-refractivity contribution in [1.29, 1.82) is 0 Å². The normalized spacial score (nSPS) is 16.0. The Labute approximate surface area is 146 Å². The highest BCUT2D eigenvalue weighted by Gasteiger charge is 2.26.